The molecular formula is C12H23N3O4. The number of primary amides is 1. The van der Waals surface area contributed by atoms with Crippen LogP contribution >= 0.6 is 0 Å². The van der Waals surface area contributed by atoms with E-state index in [1.165, 1.54) is 0 Å². The van der Waals surface area contributed by atoms with Crippen LogP contribution in [0.15, 0.2) is 0 Å². The molecule has 4 N–H and O–H groups in total. The number of nitrogens with zero attached hydrogens (tertiary/aromatic N) is 1. The molecule has 0 saturated carbocycles. The van der Waals surface area contributed by atoms with Crippen LogP contribution in [0.3, 0.4) is 0 Å². The van der Waals surface area contributed by atoms with E-state index in [4.69, 9.17) is 10.8 Å². The third-order valence-corrected chi connectivity index (χ3v) is 2.55. The van der Waals surface area contributed by atoms with Gasteiger partial charge in [0, 0.05) is 32.0 Å². The minimum atomic E-state index is -0.870. The summed E-state index contributed by atoms with van der Waals surface area (Å²) in [6, 6.07) is -0.255. The Morgan fingerprint density at radius 2 is 1.84 bits per heavy atom. The molecule has 0 aliphatic rings. The first-order valence-corrected chi connectivity index (χ1v) is 6.39. The Labute approximate surface area is 113 Å². The standard InChI is InChI=1S/C12H23N3O4/c1-9(2)15(8-4-6-11(17)18)12(19)14-7-3-5-10(13)16/h9H,3-8H2,1-2H3,(H2,13,16)(H,14,19)(H,17,18). The second-order valence-electron chi connectivity index (χ2n) is 4.59. The van der Waals surface area contributed by atoms with Crippen molar-refractivity contribution in [1.82, 2.24) is 10.2 Å². The van der Waals surface area contributed by atoms with E-state index in [0.717, 1.165) is 0 Å². The normalized spacial score (nSPS) is 10.3. The summed E-state index contributed by atoms with van der Waals surface area (Å²) < 4.78 is 0. The lowest BCUT2D eigenvalue weighted by molar-refractivity contribution is -0.137. The first-order valence-electron chi connectivity index (χ1n) is 6.39. The molecule has 0 spiro atoms. The fourth-order valence-electron chi connectivity index (χ4n) is 1.55. The van der Waals surface area contributed by atoms with E-state index in [1.807, 2.05) is 13.8 Å². The number of nitrogens with one attached hydrogen (secondary N) is 1. The van der Waals surface area contributed by atoms with E-state index in [9.17, 15) is 14.4 Å². The smallest absolute Gasteiger partial charge is 0.317 e. The van der Waals surface area contributed by atoms with E-state index in [-0.39, 0.29) is 24.9 Å². The number of aliphatic carboxylic acids is 1. The fraction of sp³-hybridized carbons (Fsp3) is 0.750. The van der Waals surface area contributed by atoms with E-state index >= 15 is 0 Å². The van der Waals surface area contributed by atoms with Crippen LogP contribution in [0.5, 0.6) is 0 Å². The number of hydrogen-bond donors (Lipinski definition) is 3. The van der Waals surface area contributed by atoms with Crippen LogP contribution in [0.2, 0.25) is 0 Å². The number of carbonyl (C=O) groups excluding carboxylic acids is 2. The van der Waals surface area contributed by atoms with Crippen LogP contribution in [0.25, 0.3) is 0 Å². The first kappa shape index (κ1) is 17.2. The molecule has 0 aromatic rings. The summed E-state index contributed by atoms with van der Waals surface area (Å²) in [5.41, 5.74) is 4.99. The Morgan fingerprint density at radius 1 is 1.21 bits per heavy atom. The van der Waals surface area contributed by atoms with Gasteiger partial charge < -0.3 is 21.1 Å². The van der Waals surface area contributed by atoms with Gasteiger partial charge in [-0.2, -0.15) is 0 Å². The minimum Gasteiger partial charge on any atom is -0.481 e. The fourth-order valence-corrected chi connectivity index (χ4v) is 1.55. The number of carboxylic acids is 1. The molecule has 0 aromatic carbocycles. The monoisotopic (exact) mass is 273 g/mol. The van der Waals surface area contributed by atoms with Gasteiger partial charge in [0.05, 0.1) is 0 Å². The van der Waals surface area contributed by atoms with Crippen molar-refractivity contribution in [3.8, 4) is 0 Å². The minimum absolute atomic E-state index is 0.00932. The molecule has 0 atom stereocenters. The predicted octanol–water partition coefficient (Wildman–Crippen LogP) is 0.537. The molecule has 7 nitrogen and oxygen atoms in total. The van der Waals surface area contributed by atoms with Gasteiger partial charge in [0.2, 0.25) is 5.91 Å². The number of rotatable bonds is 9. The van der Waals surface area contributed by atoms with Crippen LogP contribution in [-0.2, 0) is 9.59 Å². The number of nitrogens with two attached hydrogens (primary N) is 1. The van der Waals surface area contributed by atoms with Crippen molar-refractivity contribution in [2.45, 2.75) is 45.6 Å². The predicted molar refractivity (Wildman–Crippen MR) is 70.5 cm³/mol. The number of carbonyl (C=O) groups is 3. The van der Waals surface area contributed by atoms with Gasteiger partial charge in [-0.05, 0) is 26.7 Å². The maximum Gasteiger partial charge on any atom is 0.317 e. The average molecular weight is 273 g/mol. The lowest BCUT2D eigenvalue weighted by Crippen LogP contribution is -2.44. The van der Waals surface area contributed by atoms with Crippen molar-refractivity contribution in [1.29, 1.82) is 0 Å². The highest BCUT2D eigenvalue weighted by Crippen LogP contribution is 2.02. The van der Waals surface area contributed by atoms with Gasteiger partial charge in [0.15, 0.2) is 0 Å². The van der Waals surface area contributed by atoms with Crippen molar-refractivity contribution < 1.29 is 19.5 Å². The van der Waals surface area contributed by atoms with Crippen LogP contribution < -0.4 is 11.1 Å². The van der Waals surface area contributed by atoms with Crippen molar-refractivity contribution in [3.63, 3.8) is 0 Å². The van der Waals surface area contributed by atoms with Gasteiger partial charge in [-0.25, -0.2) is 4.79 Å². The molecule has 19 heavy (non-hydrogen) atoms. The second kappa shape index (κ2) is 9.18. The summed E-state index contributed by atoms with van der Waals surface area (Å²) in [6.07, 6.45) is 1.20. The molecule has 3 amide bonds. The summed E-state index contributed by atoms with van der Waals surface area (Å²) in [5, 5.41) is 11.3. The number of urea groups is 1. The van der Waals surface area contributed by atoms with Crippen molar-refractivity contribution in [2.24, 2.45) is 5.73 Å². The highest BCUT2D eigenvalue weighted by atomic mass is 16.4. The lowest BCUT2D eigenvalue weighted by atomic mass is 10.2. The quantitative estimate of drug-likeness (QED) is 0.532. The van der Waals surface area contributed by atoms with Gasteiger partial charge >= 0.3 is 12.0 Å². The zero-order chi connectivity index (χ0) is 14.8. The van der Waals surface area contributed by atoms with Crippen LogP contribution in [0.1, 0.15) is 39.5 Å². The van der Waals surface area contributed by atoms with Crippen molar-refractivity contribution in [2.75, 3.05) is 13.1 Å². The molecule has 0 heterocycles. The Balaban J connectivity index is 4.04. The molecule has 7 heteroatoms. The molecular weight excluding hydrogens is 250 g/mol. The van der Waals surface area contributed by atoms with Crippen LogP contribution in [0, 0.1) is 0 Å². The summed E-state index contributed by atoms with van der Waals surface area (Å²) in [7, 11) is 0. The third kappa shape index (κ3) is 8.87. The van der Waals surface area contributed by atoms with E-state index in [0.29, 0.717) is 25.9 Å². The Kier molecular flexibility index (Phi) is 8.32. The van der Waals surface area contributed by atoms with E-state index < -0.39 is 11.9 Å². The molecule has 0 aliphatic carbocycles. The van der Waals surface area contributed by atoms with Crippen molar-refractivity contribution in [3.05, 3.63) is 0 Å². The van der Waals surface area contributed by atoms with Crippen LogP contribution in [-0.4, -0.2) is 47.0 Å². The summed E-state index contributed by atoms with van der Waals surface area (Å²) >= 11 is 0. The molecule has 0 aliphatic heterocycles. The maximum absolute atomic E-state index is 11.9. The van der Waals surface area contributed by atoms with E-state index in [1.54, 1.807) is 4.90 Å². The first-order chi connectivity index (χ1) is 8.84. The number of carboxylic acid groups (broad SMARTS) is 1. The van der Waals surface area contributed by atoms with Gasteiger partial charge in [0.25, 0.3) is 0 Å². The lowest BCUT2D eigenvalue weighted by Gasteiger charge is -2.26. The Hall–Kier alpha value is -1.79. The molecule has 0 saturated heterocycles. The molecule has 0 aromatic heterocycles. The highest BCUT2D eigenvalue weighted by molar-refractivity contribution is 5.75. The Morgan fingerprint density at radius 3 is 2.32 bits per heavy atom. The molecule has 0 unspecified atom stereocenters. The maximum atomic E-state index is 11.9. The van der Waals surface area contributed by atoms with Crippen molar-refractivity contribution >= 4 is 17.9 Å². The SMILES string of the molecule is CC(C)N(CCCC(=O)O)C(=O)NCCCC(N)=O. The van der Waals surface area contributed by atoms with Crippen LogP contribution in [0.4, 0.5) is 4.79 Å². The second-order valence-corrected chi connectivity index (χ2v) is 4.59. The zero-order valence-corrected chi connectivity index (χ0v) is 11.5. The van der Waals surface area contributed by atoms with Gasteiger partial charge in [0.1, 0.15) is 0 Å². The summed E-state index contributed by atoms with van der Waals surface area (Å²) in [4.78, 5) is 34.4. The topological polar surface area (TPSA) is 113 Å². The van der Waals surface area contributed by atoms with E-state index in [2.05, 4.69) is 5.32 Å². The third-order valence-electron chi connectivity index (χ3n) is 2.55. The van der Waals surface area contributed by atoms with Gasteiger partial charge in [-0.3, -0.25) is 9.59 Å². The number of amides is 3. The molecule has 0 bridgehead atoms. The molecule has 110 valence electrons. The highest BCUT2D eigenvalue weighted by Gasteiger charge is 2.16. The largest absolute Gasteiger partial charge is 0.481 e. The summed E-state index contributed by atoms with van der Waals surface area (Å²) in [6.45, 7) is 4.50. The molecule has 0 fully saturated rings. The summed E-state index contributed by atoms with van der Waals surface area (Å²) in [5.74, 6) is -1.26. The Bertz CT molecular complexity index is 318. The zero-order valence-electron chi connectivity index (χ0n) is 11.5. The molecule has 0 rings (SSSR count). The molecule has 0 radical (unpaired) electrons. The van der Waals surface area contributed by atoms with Gasteiger partial charge in [-0.15, -0.1) is 0 Å². The average Bonchev–Trinajstić information content (AvgIpc) is 2.28. The number of hydrogen-bond acceptors (Lipinski definition) is 3. The van der Waals surface area contributed by atoms with Gasteiger partial charge in [-0.1, -0.05) is 0 Å².